The standard InChI is InChI=1S/C43H66N4O20S/c1-21(51)45-32-26(53)17-43(42(59)60,66-39(32)34(55)27(54)18-48)67-40-36(57)30(20-50)64-41(37(40)58)65-38-33(46-22(2)52)28(63-29(19-49)35(38)56)14-7-5-6-8-16-44-68(61,62)31-15-10-11-23-24(31)12-9-13-25(23)47(3)4/h9-13,15,26-30,32-41,44,48-50,53-58H,5-8,14,16-20H2,1-4H3,(H,45,51)(H,46,52)(H,59,60)/t26-,27+,28-,29+,30+,32+,33-,34+,35+,36-,37+,38+,39+,40-,41-,43-/m0/s1. The molecule has 0 bridgehead atoms. The number of carbonyl (C=O) groups excluding carboxylic acids is 2. The maximum absolute atomic E-state index is 13.4. The molecule has 3 aliphatic rings. The molecule has 3 fully saturated rings. The highest BCUT2D eigenvalue weighted by Crippen LogP contribution is 2.39. The van der Waals surface area contributed by atoms with Crippen LogP contribution < -0.4 is 20.3 Å². The van der Waals surface area contributed by atoms with Gasteiger partial charge in [-0.25, -0.2) is 17.9 Å². The van der Waals surface area contributed by atoms with Gasteiger partial charge in [0.25, 0.3) is 5.79 Å². The van der Waals surface area contributed by atoms with E-state index < -0.39 is 151 Å². The van der Waals surface area contributed by atoms with E-state index in [1.165, 1.54) is 6.92 Å². The van der Waals surface area contributed by atoms with Crippen LogP contribution in [0.25, 0.3) is 10.8 Å². The third-order valence-electron chi connectivity index (χ3n) is 12.3. The molecule has 0 saturated carbocycles. The van der Waals surface area contributed by atoms with E-state index in [1.807, 2.05) is 31.1 Å². The Labute approximate surface area is 392 Å². The van der Waals surface area contributed by atoms with Crippen molar-refractivity contribution >= 4 is 44.3 Å². The van der Waals surface area contributed by atoms with Crippen molar-refractivity contribution in [3.63, 3.8) is 0 Å². The highest BCUT2D eigenvalue weighted by atomic mass is 32.2. The van der Waals surface area contributed by atoms with E-state index in [2.05, 4.69) is 15.4 Å². The minimum absolute atomic E-state index is 0.139. The normalized spacial score (nSPS) is 33.1. The summed E-state index contributed by atoms with van der Waals surface area (Å²) >= 11 is 0. The minimum Gasteiger partial charge on any atom is -0.477 e. The highest BCUT2D eigenvalue weighted by molar-refractivity contribution is 7.89. The zero-order valence-electron chi connectivity index (χ0n) is 38.1. The molecule has 0 unspecified atom stereocenters. The Hall–Kier alpha value is -3.74. The molecule has 0 aliphatic carbocycles. The Bertz CT molecular complexity index is 2120. The van der Waals surface area contributed by atoms with Crippen LogP contribution in [0.3, 0.4) is 0 Å². The molecular formula is C43H66N4O20S. The fraction of sp³-hybridized carbons (Fsp3) is 0.698. The van der Waals surface area contributed by atoms with Crippen molar-refractivity contribution in [3.8, 4) is 0 Å². The van der Waals surface area contributed by atoms with Gasteiger partial charge in [0.15, 0.2) is 6.29 Å². The van der Waals surface area contributed by atoms with Gasteiger partial charge in [-0.15, -0.1) is 0 Å². The number of rotatable bonds is 22. The summed E-state index contributed by atoms with van der Waals surface area (Å²) in [6.45, 7) is -0.429. The maximum atomic E-state index is 13.4. The van der Waals surface area contributed by atoms with Gasteiger partial charge >= 0.3 is 5.97 Å². The number of hydrogen-bond donors (Lipinski definition) is 13. The molecule has 3 saturated heterocycles. The number of carbonyl (C=O) groups is 3. The molecule has 2 amide bonds. The van der Waals surface area contributed by atoms with Crippen LogP contribution in [0.2, 0.25) is 0 Å². The number of amides is 2. The fourth-order valence-electron chi connectivity index (χ4n) is 8.92. The van der Waals surface area contributed by atoms with E-state index in [9.17, 15) is 73.9 Å². The van der Waals surface area contributed by atoms with Crippen LogP contribution in [-0.4, -0.2) is 215 Å². The molecule has 5 rings (SSSR count). The lowest BCUT2D eigenvalue weighted by molar-refractivity contribution is -0.378. The number of fused-ring (bicyclic) bond motifs is 1. The van der Waals surface area contributed by atoms with Gasteiger partial charge < -0.3 is 90.3 Å². The van der Waals surface area contributed by atoms with Gasteiger partial charge in [-0.2, -0.15) is 0 Å². The second-order valence-corrected chi connectivity index (χ2v) is 19.2. The Morgan fingerprint density at radius 2 is 1.41 bits per heavy atom. The quantitative estimate of drug-likeness (QED) is 0.0502. The molecule has 0 radical (unpaired) electrons. The van der Waals surface area contributed by atoms with Crippen LogP contribution in [0.15, 0.2) is 41.3 Å². The number of carboxylic acid groups (broad SMARTS) is 1. The first-order valence-corrected chi connectivity index (χ1v) is 23.8. The Morgan fingerprint density at radius 1 is 0.809 bits per heavy atom. The summed E-state index contributed by atoms with van der Waals surface area (Å²) in [5.74, 6) is -6.40. The lowest BCUT2D eigenvalue weighted by Crippen LogP contribution is -2.71. The first-order valence-electron chi connectivity index (χ1n) is 22.3. The summed E-state index contributed by atoms with van der Waals surface area (Å²) < 4.78 is 58.7. The number of anilines is 1. The van der Waals surface area contributed by atoms with Crippen molar-refractivity contribution in [2.75, 3.05) is 45.4 Å². The third-order valence-corrected chi connectivity index (χ3v) is 13.9. The average Bonchev–Trinajstić information content (AvgIpc) is 3.29. The lowest BCUT2D eigenvalue weighted by Gasteiger charge is -2.51. The number of nitrogens with zero attached hydrogens (tertiary/aromatic N) is 1. The summed E-state index contributed by atoms with van der Waals surface area (Å²) in [5, 5.41) is 113. The average molecular weight is 991 g/mol. The molecule has 384 valence electrons. The molecule has 24 nitrogen and oxygen atoms in total. The van der Waals surface area contributed by atoms with E-state index in [0.29, 0.717) is 31.1 Å². The predicted octanol–water partition coefficient (Wildman–Crippen LogP) is -3.88. The maximum Gasteiger partial charge on any atom is 0.364 e. The van der Waals surface area contributed by atoms with Gasteiger partial charge in [0.2, 0.25) is 21.8 Å². The number of ether oxygens (including phenoxy) is 5. The van der Waals surface area contributed by atoms with Gasteiger partial charge in [-0.1, -0.05) is 43.5 Å². The monoisotopic (exact) mass is 990 g/mol. The lowest BCUT2D eigenvalue weighted by atomic mass is 9.88. The second kappa shape index (κ2) is 23.9. The number of hydrogen-bond acceptors (Lipinski definition) is 20. The number of benzene rings is 2. The largest absolute Gasteiger partial charge is 0.477 e. The van der Waals surface area contributed by atoms with Crippen molar-refractivity contribution in [1.29, 1.82) is 0 Å². The van der Waals surface area contributed by atoms with Crippen molar-refractivity contribution in [3.05, 3.63) is 36.4 Å². The van der Waals surface area contributed by atoms with Crippen molar-refractivity contribution in [2.24, 2.45) is 0 Å². The smallest absolute Gasteiger partial charge is 0.364 e. The number of aliphatic hydroxyl groups is 9. The van der Waals surface area contributed by atoms with E-state index >= 15 is 0 Å². The summed E-state index contributed by atoms with van der Waals surface area (Å²) in [5.41, 5.74) is 0.868. The van der Waals surface area contributed by atoms with E-state index in [1.54, 1.807) is 24.3 Å². The van der Waals surface area contributed by atoms with Crippen LogP contribution in [0.5, 0.6) is 0 Å². The van der Waals surface area contributed by atoms with Crippen molar-refractivity contribution in [2.45, 2.75) is 155 Å². The number of carboxylic acids is 1. The highest BCUT2D eigenvalue weighted by Gasteiger charge is 2.60. The Kier molecular flexibility index (Phi) is 19.4. The fourth-order valence-corrected chi connectivity index (χ4v) is 10.2. The minimum atomic E-state index is -3.87. The zero-order valence-corrected chi connectivity index (χ0v) is 38.9. The summed E-state index contributed by atoms with van der Waals surface area (Å²) in [6.07, 6.45) is -22.4. The first-order chi connectivity index (χ1) is 32.1. The van der Waals surface area contributed by atoms with E-state index in [0.717, 1.165) is 18.0 Å². The number of sulfonamides is 1. The molecule has 0 aromatic heterocycles. The molecule has 25 heteroatoms. The molecule has 2 aromatic rings. The Balaban J connectivity index is 1.28. The first kappa shape index (κ1) is 55.2. The molecule has 68 heavy (non-hydrogen) atoms. The van der Waals surface area contributed by atoms with Gasteiger partial charge in [-0.3, -0.25) is 9.59 Å². The van der Waals surface area contributed by atoms with Crippen LogP contribution in [0.1, 0.15) is 52.4 Å². The molecular weight excluding hydrogens is 925 g/mol. The van der Waals surface area contributed by atoms with Gasteiger partial charge in [0.05, 0.1) is 49.0 Å². The van der Waals surface area contributed by atoms with Gasteiger partial charge in [0.1, 0.15) is 61.0 Å². The molecule has 3 heterocycles. The third kappa shape index (κ3) is 12.6. The molecule has 2 aromatic carbocycles. The second-order valence-electron chi connectivity index (χ2n) is 17.5. The summed E-state index contributed by atoms with van der Waals surface area (Å²) in [6, 6.07) is 7.77. The number of unbranched alkanes of at least 4 members (excludes halogenated alkanes) is 3. The number of nitrogens with one attached hydrogen (secondary N) is 3. The van der Waals surface area contributed by atoms with Crippen LogP contribution in [-0.2, 0) is 48.1 Å². The number of aliphatic carboxylic acids is 1. The van der Waals surface area contributed by atoms with Crippen molar-refractivity contribution < 1.29 is 97.6 Å². The van der Waals surface area contributed by atoms with Crippen LogP contribution in [0, 0.1) is 0 Å². The molecule has 0 spiro atoms. The van der Waals surface area contributed by atoms with Gasteiger partial charge in [-0.05, 0) is 25.0 Å². The van der Waals surface area contributed by atoms with Crippen LogP contribution >= 0.6 is 0 Å². The molecule has 3 aliphatic heterocycles. The SMILES string of the molecule is CC(=O)N[C@@H]1[C@@H](O[C@@H]2O[C@H](CO)[C@H](O)[C@H](O[C@]3(C(=O)O)C[C@H](O)[C@@H](NC(C)=O)[C@H]([C@H](O)[C@H](O)CO)O3)[C@H]2O)[C@H](O)[C@@H](CO)O[C@H]1CCCCCCNS(=O)(=O)c1cccc2c(N(C)C)cccc12. The molecule has 16 atom stereocenters. The van der Waals surface area contributed by atoms with E-state index in [4.69, 9.17) is 23.7 Å². The summed E-state index contributed by atoms with van der Waals surface area (Å²) in [7, 11) is -0.129. The van der Waals surface area contributed by atoms with Gasteiger partial charge in [0, 0.05) is 57.4 Å². The van der Waals surface area contributed by atoms with E-state index in [-0.39, 0.29) is 17.9 Å². The molecule has 13 N–H and O–H groups in total. The predicted molar refractivity (Wildman–Crippen MR) is 236 cm³/mol. The zero-order chi connectivity index (χ0) is 50.2. The topological polar surface area (TPSA) is 373 Å². The Morgan fingerprint density at radius 3 is 2.03 bits per heavy atom. The number of aliphatic hydroxyl groups excluding tert-OH is 9. The summed E-state index contributed by atoms with van der Waals surface area (Å²) in [4.78, 5) is 39.6. The van der Waals surface area contributed by atoms with Crippen molar-refractivity contribution in [1.82, 2.24) is 15.4 Å². The van der Waals surface area contributed by atoms with Crippen LogP contribution in [0.4, 0.5) is 5.69 Å².